The lowest BCUT2D eigenvalue weighted by Gasteiger charge is -2.35. The van der Waals surface area contributed by atoms with E-state index in [-0.39, 0.29) is 54.9 Å². The average Bonchev–Trinajstić information content (AvgIpc) is 2.96. The largest absolute Gasteiger partial charge is 0.356 e. The van der Waals surface area contributed by atoms with Crippen molar-refractivity contribution in [2.24, 2.45) is 12.0 Å². The third-order valence-corrected chi connectivity index (χ3v) is 3.68. The van der Waals surface area contributed by atoms with E-state index in [1.165, 1.54) is 0 Å². The number of hydrogen-bond acceptors (Lipinski definition) is 4. The number of hydrogen-bond donors (Lipinski definition) is 2. The van der Waals surface area contributed by atoms with E-state index in [1.807, 2.05) is 38.9 Å². The summed E-state index contributed by atoms with van der Waals surface area (Å²) in [5.41, 5.74) is 0.797. The van der Waals surface area contributed by atoms with Crippen molar-refractivity contribution in [3.05, 3.63) is 12.4 Å². The smallest absolute Gasteiger partial charge is 0.246 e. The fourth-order valence-corrected chi connectivity index (χ4v) is 2.61. The quantitative estimate of drug-likeness (QED) is 0.359. The van der Waals surface area contributed by atoms with Crippen LogP contribution in [0.5, 0.6) is 0 Å². The number of anilines is 1. The Kier molecular flexibility index (Phi) is 8.82. The summed E-state index contributed by atoms with van der Waals surface area (Å²) < 4.78 is 1.67. The van der Waals surface area contributed by atoms with Crippen molar-refractivity contribution in [3.63, 3.8) is 0 Å². The van der Waals surface area contributed by atoms with Crippen molar-refractivity contribution in [2.45, 2.75) is 26.8 Å². The maximum atomic E-state index is 12.5. The molecule has 0 aliphatic carbocycles. The van der Waals surface area contributed by atoms with Crippen molar-refractivity contribution in [2.75, 3.05) is 37.6 Å². The van der Waals surface area contributed by atoms with Gasteiger partial charge in [-0.05, 0) is 20.8 Å². The second-order valence-electron chi connectivity index (χ2n) is 6.23. The van der Waals surface area contributed by atoms with Crippen molar-refractivity contribution in [1.82, 2.24) is 25.3 Å². The lowest BCUT2D eigenvalue weighted by Crippen LogP contribution is -2.55. The summed E-state index contributed by atoms with van der Waals surface area (Å²) in [5.74, 6) is 0.433. The molecule has 2 rings (SSSR count). The SMILES string of the molecule is CCNC(=NCC(=O)NC(C)C)N1CCN(c2cnn(C)c2)C(=O)C1.I. The maximum Gasteiger partial charge on any atom is 0.246 e. The van der Waals surface area contributed by atoms with Crippen LogP contribution in [0.3, 0.4) is 0 Å². The highest BCUT2D eigenvalue weighted by Crippen LogP contribution is 2.16. The minimum atomic E-state index is -0.134. The molecule has 0 aromatic carbocycles. The number of aryl methyl sites for hydroxylation is 1. The number of carbonyl (C=O) groups excluding carboxylic acids is 2. The Hall–Kier alpha value is -1.85. The van der Waals surface area contributed by atoms with Crippen LogP contribution in [0.15, 0.2) is 17.4 Å². The molecule has 26 heavy (non-hydrogen) atoms. The van der Waals surface area contributed by atoms with Gasteiger partial charge in [0.05, 0.1) is 11.9 Å². The van der Waals surface area contributed by atoms with Gasteiger partial charge in [-0.15, -0.1) is 24.0 Å². The molecule has 9 nitrogen and oxygen atoms in total. The molecule has 1 aromatic rings. The van der Waals surface area contributed by atoms with Crippen molar-refractivity contribution >= 4 is 47.4 Å². The zero-order valence-corrected chi connectivity index (χ0v) is 18.1. The van der Waals surface area contributed by atoms with Gasteiger partial charge in [0, 0.05) is 38.9 Å². The number of amides is 2. The molecule has 0 spiro atoms. The third kappa shape index (κ3) is 6.15. The van der Waals surface area contributed by atoms with E-state index in [1.54, 1.807) is 15.8 Å². The molecular weight excluding hydrogens is 449 g/mol. The fraction of sp³-hybridized carbons (Fsp3) is 0.625. The number of guanidine groups is 1. The molecule has 1 fully saturated rings. The van der Waals surface area contributed by atoms with Crippen LogP contribution >= 0.6 is 24.0 Å². The van der Waals surface area contributed by atoms with Crippen LogP contribution in [-0.4, -0.2) is 71.2 Å². The van der Waals surface area contributed by atoms with E-state index in [2.05, 4.69) is 20.7 Å². The summed E-state index contributed by atoms with van der Waals surface area (Å²) in [4.78, 5) is 32.2. The van der Waals surface area contributed by atoms with Gasteiger partial charge in [-0.25, -0.2) is 4.99 Å². The number of rotatable bonds is 5. The molecule has 1 saturated heterocycles. The summed E-state index contributed by atoms with van der Waals surface area (Å²) in [6.45, 7) is 7.88. The van der Waals surface area contributed by atoms with E-state index in [4.69, 9.17) is 0 Å². The Balaban J connectivity index is 0.00000338. The van der Waals surface area contributed by atoms with Crippen LogP contribution < -0.4 is 15.5 Å². The standard InChI is InChI=1S/C16H27N7O2.HI/c1-5-17-16(18-9-14(24)20-12(2)3)22-6-7-23(15(25)11-22)13-8-19-21(4)10-13;/h8,10,12H,5-7,9,11H2,1-4H3,(H,17,18)(H,20,24);1H. The van der Waals surface area contributed by atoms with Gasteiger partial charge in [-0.3, -0.25) is 14.3 Å². The maximum absolute atomic E-state index is 12.5. The Morgan fingerprint density at radius 3 is 2.65 bits per heavy atom. The molecule has 1 aromatic heterocycles. The monoisotopic (exact) mass is 477 g/mol. The average molecular weight is 477 g/mol. The van der Waals surface area contributed by atoms with E-state index >= 15 is 0 Å². The van der Waals surface area contributed by atoms with Crippen molar-refractivity contribution in [1.29, 1.82) is 0 Å². The minimum absolute atomic E-state index is 0. The minimum Gasteiger partial charge on any atom is -0.356 e. The Morgan fingerprint density at radius 1 is 1.38 bits per heavy atom. The topological polar surface area (TPSA) is 94.9 Å². The number of aromatic nitrogens is 2. The molecule has 10 heteroatoms. The first-order valence-electron chi connectivity index (χ1n) is 8.52. The molecule has 146 valence electrons. The predicted octanol–water partition coefficient (Wildman–Crippen LogP) is 0.177. The van der Waals surface area contributed by atoms with E-state index < -0.39 is 0 Å². The van der Waals surface area contributed by atoms with Gasteiger partial charge in [-0.2, -0.15) is 5.10 Å². The van der Waals surface area contributed by atoms with Crippen LogP contribution in [-0.2, 0) is 16.6 Å². The first-order valence-corrected chi connectivity index (χ1v) is 8.52. The van der Waals surface area contributed by atoms with Gasteiger partial charge in [-0.1, -0.05) is 0 Å². The summed E-state index contributed by atoms with van der Waals surface area (Å²) in [6.07, 6.45) is 3.51. The first-order chi connectivity index (χ1) is 11.9. The predicted molar refractivity (Wildman–Crippen MR) is 112 cm³/mol. The van der Waals surface area contributed by atoms with Crippen molar-refractivity contribution < 1.29 is 9.59 Å². The van der Waals surface area contributed by atoms with E-state index in [0.29, 0.717) is 25.6 Å². The summed E-state index contributed by atoms with van der Waals surface area (Å²) in [7, 11) is 1.82. The molecule has 0 bridgehead atoms. The van der Waals surface area contributed by atoms with Crippen LogP contribution in [0.4, 0.5) is 5.69 Å². The highest BCUT2D eigenvalue weighted by Gasteiger charge is 2.27. The second-order valence-corrected chi connectivity index (χ2v) is 6.23. The van der Waals surface area contributed by atoms with Crippen LogP contribution in [0.25, 0.3) is 0 Å². The molecule has 0 radical (unpaired) electrons. The normalized spacial score (nSPS) is 15.1. The van der Waals surface area contributed by atoms with Gasteiger partial charge in [0.25, 0.3) is 0 Å². The zero-order valence-electron chi connectivity index (χ0n) is 15.7. The zero-order chi connectivity index (χ0) is 18.4. The number of nitrogens with zero attached hydrogens (tertiary/aromatic N) is 5. The number of carbonyl (C=O) groups is 2. The lowest BCUT2D eigenvalue weighted by molar-refractivity contribution is -0.120. The molecule has 1 aliphatic rings. The molecule has 2 amide bonds. The Labute approximate surface area is 171 Å². The first kappa shape index (κ1) is 22.2. The molecule has 1 aliphatic heterocycles. The summed E-state index contributed by atoms with van der Waals surface area (Å²) in [5, 5.41) is 10.1. The van der Waals surface area contributed by atoms with Crippen LogP contribution in [0.1, 0.15) is 20.8 Å². The molecule has 0 saturated carbocycles. The van der Waals surface area contributed by atoms with E-state index in [0.717, 1.165) is 5.69 Å². The number of halogens is 1. The lowest BCUT2D eigenvalue weighted by atomic mass is 10.3. The van der Waals surface area contributed by atoms with Gasteiger partial charge in [0.1, 0.15) is 13.1 Å². The Morgan fingerprint density at radius 2 is 2.12 bits per heavy atom. The van der Waals surface area contributed by atoms with Gasteiger partial charge >= 0.3 is 0 Å². The molecule has 2 heterocycles. The van der Waals surface area contributed by atoms with Crippen LogP contribution in [0, 0.1) is 0 Å². The van der Waals surface area contributed by atoms with Crippen LogP contribution in [0.2, 0.25) is 0 Å². The van der Waals surface area contributed by atoms with Crippen molar-refractivity contribution in [3.8, 4) is 0 Å². The number of piperazine rings is 1. The summed E-state index contributed by atoms with van der Waals surface area (Å²) in [6, 6.07) is 0.0786. The second kappa shape index (κ2) is 10.3. The number of aliphatic imine (C=N–C) groups is 1. The van der Waals surface area contributed by atoms with Gasteiger partial charge in [0.15, 0.2) is 5.96 Å². The van der Waals surface area contributed by atoms with Gasteiger partial charge < -0.3 is 20.4 Å². The molecule has 0 atom stereocenters. The third-order valence-electron chi connectivity index (χ3n) is 3.68. The Bertz CT molecular complexity index is 644. The van der Waals surface area contributed by atoms with E-state index in [9.17, 15) is 9.59 Å². The van der Waals surface area contributed by atoms with Gasteiger partial charge in [0.2, 0.25) is 11.8 Å². The molecular formula is C16H28IN7O2. The fourth-order valence-electron chi connectivity index (χ4n) is 2.61. The highest BCUT2D eigenvalue weighted by atomic mass is 127. The summed E-state index contributed by atoms with van der Waals surface area (Å²) >= 11 is 0. The number of nitrogens with one attached hydrogen (secondary N) is 2. The molecule has 0 unspecified atom stereocenters. The highest BCUT2D eigenvalue weighted by molar-refractivity contribution is 14.0. The molecule has 2 N–H and O–H groups in total.